The molecular formula is C13H26N2O2. The highest BCUT2D eigenvalue weighted by molar-refractivity contribution is 5.81. The Morgan fingerprint density at radius 1 is 1.41 bits per heavy atom. The standard InChI is InChI=1S/C13H26N2O2/c1-5-8-14-13(12(16)17-4)6-9-15(10-7-13)11(2)3/h11,14H,5-10H2,1-4H3. The smallest absolute Gasteiger partial charge is 0.326 e. The third-order valence-electron chi connectivity index (χ3n) is 3.67. The largest absolute Gasteiger partial charge is 0.468 e. The minimum atomic E-state index is -0.448. The molecule has 1 saturated heterocycles. The maximum atomic E-state index is 12.0. The average Bonchev–Trinajstić information content (AvgIpc) is 2.35. The molecule has 1 N–H and O–H groups in total. The van der Waals surface area contributed by atoms with E-state index in [0.717, 1.165) is 38.9 Å². The summed E-state index contributed by atoms with van der Waals surface area (Å²) in [5.41, 5.74) is -0.448. The number of ether oxygens (including phenoxy) is 1. The van der Waals surface area contributed by atoms with Crippen molar-refractivity contribution in [3.05, 3.63) is 0 Å². The lowest BCUT2D eigenvalue weighted by atomic mass is 9.86. The SMILES string of the molecule is CCCNC1(C(=O)OC)CCN(C(C)C)CC1. The normalized spacial score (nSPS) is 20.5. The monoisotopic (exact) mass is 242 g/mol. The molecule has 1 aliphatic heterocycles. The van der Waals surface area contributed by atoms with E-state index in [1.807, 2.05) is 0 Å². The van der Waals surface area contributed by atoms with Crippen LogP contribution in [0.1, 0.15) is 40.0 Å². The third-order valence-corrected chi connectivity index (χ3v) is 3.67. The molecule has 0 unspecified atom stereocenters. The van der Waals surface area contributed by atoms with Gasteiger partial charge in [0.1, 0.15) is 5.54 Å². The fourth-order valence-electron chi connectivity index (χ4n) is 2.43. The summed E-state index contributed by atoms with van der Waals surface area (Å²) >= 11 is 0. The van der Waals surface area contributed by atoms with E-state index in [0.29, 0.717) is 6.04 Å². The van der Waals surface area contributed by atoms with Crippen LogP contribution in [0.15, 0.2) is 0 Å². The Labute approximate surface area is 105 Å². The van der Waals surface area contributed by atoms with Crippen LogP contribution in [0.5, 0.6) is 0 Å². The molecule has 1 aliphatic rings. The van der Waals surface area contributed by atoms with E-state index in [2.05, 4.69) is 31.0 Å². The van der Waals surface area contributed by atoms with Gasteiger partial charge in [-0.05, 0) is 39.7 Å². The van der Waals surface area contributed by atoms with Gasteiger partial charge in [-0.2, -0.15) is 0 Å². The molecule has 0 aromatic carbocycles. The molecule has 0 saturated carbocycles. The van der Waals surface area contributed by atoms with Crippen LogP contribution < -0.4 is 5.32 Å². The summed E-state index contributed by atoms with van der Waals surface area (Å²) in [4.78, 5) is 14.4. The van der Waals surface area contributed by atoms with Crippen molar-refractivity contribution in [3.63, 3.8) is 0 Å². The summed E-state index contributed by atoms with van der Waals surface area (Å²) in [6.45, 7) is 9.31. The van der Waals surface area contributed by atoms with Crippen molar-refractivity contribution >= 4 is 5.97 Å². The van der Waals surface area contributed by atoms with Crippen LogP contribution in [0, 0.1) is 0 Å². The molecule has 0 radical (unpaired) electrons. The van der Waals surface area contributed by atoms with Crippen LogP contribution in [0.25, 0.3) is 0 Å². The Morgan fingerprint density at radius 3 is 2.41 bits per heavy atom. The van der Waals surface area contributed by atoms with Gasteiger partial charge in [-0.1, -0.05) is 6.92 Å². The van der Waals surface area contributed by atoms with E-state index in [1.54, 1.807) is 0 Å². The summed E-state index contributed by atoms with van der Waals surface area (Å²) in [7, 11) is 1.48. The molecule has 4 heteroatoms. The molecule has 0 aliphatic carbocycles. The number of nitrogens with one attached hydrogen (secondary N) is 1. The Morgan fingerprint density at radius 2 is 2.00 bits per heavy atom. The number of nitrogens with zero attached hydrogens (tertiary/aromatic N) is 1. The second-order valence-electron chi connectivity index (χ2n) is 5.13. The first-order valence-electron chi connectivity index (χ1n) is 6.63. The van der Waals surface area contributed by atoms with Crippen molar-refractivity contribution in [2.75, 3.05) is 26.7 Å². The van der Waals surface area contributed by atoms with Crippen molar-refractivity contribution in [2.24, 2.45) is 0 Å². The number of carbonyl (C=O) groups is 1. The molecule has 1 fully saturated rings. The molecule has 0 aromatic heterocycles. The molecule has 100 valence electrons. The second kappa shape index (κ2) is 6.36. The molecule has 0 bridgehead atoms. The minimum Gasteiger partial charge on any atom is -0.468 e. The van der Waals surface area contributed by atoms with Crippen molar-refractivity contribution in [3.8, 4) is 0 Å². The van der Waals surface area contributed by atoms with E-state index >= 15 is 0 Å². The first-order chi connectivity index (χ1) is 8.05. The van der Waals surface area contributed by atoms with Crippen molar-refractivity contribution in [1.29, 1.82) is 0 Å². The highest BCUT2D eigenvalue weighted by atomic mass is 16.5. The van der Waals surface area contributed by atoms with Gasteiger partial charge in [-0.25, -0.2) is 0 Å². The summed E-state index contributed by atoms with van der Waals surface area (Å²) < 4.78 is 4.97. The zero-order valence-electron chi connectivity index (χ0n) is 11.6. The van der Waals surface area contributed by atoms with Crippen molar-refractivity contribution in [2.45, 2.75) is 51.6 Å². The number of esters is 1. The lowest BCUT2D eigenvalue weighted by molar-refractivity contribution is -0.151. The minimum absolute atomic E-state index is 0.102. The van der Waals surface area contributed by atoms with Crippen LogP contribution in [0.2, 0.25) is 0 Å². The number of rotatable bonds is 5. The molecule has 0 atom stereocenters. The Kier molecular flexibility index (Phi) is 5.40. The van der Waals surface area contributed by atoms with Gasteiger partial charge in [0.05, 0.1) is 7.11 Å². The van der Waals surface area contributed by atoms with Crippen LogP contribution in [0.4, 0.5) is 0 Å². The summed E-state index contributed by atoms with van der Waals surface area (Å²) in [6, 6.07) is 0.553. The summed E-state index contributed by atoms with van der Waals surface area (Å²) in [5.74, 6) is -0.102. The maximum Gasteiger partial charge on any atom is 0.326 e. The van der Waals surface area contributed by atoms with Gasteiger partial charge in [0.2, 0.25) is 0 Å². The Balaban J connectivity index is 2.65. The predicted octanol–water partition coefficient (Wildman–Crippen LogP) is 1.40. The molecule has 0 spiro atoms. The number of hydrogen-bond donors (Lipinski definition) is 1. The van der Waals surface area contributed by atoms with E-state index in [4.69, 9.17) is 4.74 Å². The molecule has 17 heavy (non-hydrogen) atoms. The van der Waals surface area contributed by atoms with Crippen molar-refractivity contribution in [1.82, 2.24) is 10.2 Å². The molecule has 0 amide bonds. The lowest BCUT2D eigenvalue weighted by Crippen LogP contribution is -2.59. The molecule has 1 rings (SSSR count). The fraction of sp³-hybridized carbons (Fsp3) is 0.923. The predicted molar refractivity (Wildman–Crippen MR) is 69.0 cm³/mol. The van der Waals surface area contributed by atoms with Gasteiger partial charge in [0.15, 0.2) is 0 Å². The maximum absolute atomic E-state index is 12.0. The molecular weight excluding hydrogens is 216 g/mol. The van der Waals surface area contributed by atoms with Crippen LogP contribution in [0.3, 0.4) is 0 Å². The van der Waals surface area contributed by atoms with Gasteiger partial charge in [-0.15, -0.1) is 0 Å². The van der Waals surface area contributed by atoms with Crippen molar-refractivity contribution < 1.29 is 9.53 Å². The fourth-order valence-corrected chi connectivity index (χ4v) is 2.43. The topological polar surface area (TPSA) is 41.6 Å². The highest BCUT2D eigenvalue weighted by Gasteiger charge is 2.42. The first kappa shape index (κ1) is 14.5. The average molecular weight is 242 g/mol. The van der Waals surface area contributed by atoms with Gasteiger partial charge < -0.3 is 15.0 Å². The lowest BCUT2D eigenvalue weighted by Gasteiger charge is -2.41. The quantitative estimate of drug-likeness (QED) is 0.740. The van der Waals surface area contributed by atoms with E-state index < -0.39 is 5.54 Å². The zero-order chi connectivity index (χ0) is 12.9. The van der Waals surface area contributed by atoms with Gasteiger partial charge in [-0.3, -0.25) is 4.79 Å². The van der Waals surface area contributed by atoms with E-state index in [1.165, 1.54) is 7.11 Å². The van der Waals surface area contributed by atoms with Gasteiger partial charge in [0.25, 0.3) is 0 Å². The highest BCUT2D eigenvalue weighted by Crippen LogP contribution is 2.25. The van der Waals surface area contributed by atoms with Gasteiger partial charge in [0, 0.05) is 19.1 Å². The first-order valence-corrected chi connectivity index (χ1v) is 6.63. The summed E-state index contributed by atoms with van der Waals surface area (Å²) in [5, 5.41) is 3.39. The van der Waals surface area contributed by atoms with Crippen LogP contribution >= 0.6 is 0 Å². The number of likely N-dealkylation sites (tertiary alicyclic amines) is 1. The third kappa shape index (κ3) is 3.42. The van der Waals surface area contributed by atoms with E-state index in [-0.39, 0.29) is 5.97 Å². The Bertz CT molecular complexity index is 246. The Hall–Kier alpha value is -0.610. The zero-order valence-corrected chi connectivity index (χ0v) is 11.6. The number of methoxy groups -OCH3 is 1. The molecule has 4 nitrogen and oxygen atoms in total. The summed E-state index contributed by atoms with van der Waals surface area (Å²) in [6.07, 6.45) is 2.72. The number of hydrogen-bond acceptors (Lipinski definition) is 4. The number of piperidine rings is 1. The number of carbonyl (C=O) groups excluding carboxylic acids is 1. The second-order valence-corrected chi connectivity index (χ2v) is 5.13. The van der Waals surface area contributed by atoms with Crippen LogP contribution in [-0.4, -0.2) is 49.2 Å². The molecule has 1 heterocycles. The van der Waals surface area contributed by atoms with Crippen LogP contribution in [-0.2, 0) is 9.53 Å². The van der Waals surface area contributed by atoms with Gasteiger partial charge >= 0.3 is 5.97 Å². The molecule has 0 aromatic rings. The van der Waals surface area contributed by atoms with E-state index in [9.17, 15) is 4.79 Å².